The van der Waals surface area contributed by atoms with Crippen molar-refractivity contribution in [2.45, 2.75) is 19.3 Å². The number of aliphatic carboxylic acids is 1. The average molecular weight is 380 g/mol. The van der Waals surface area contributed by atoms with Crippen molar-refractivity contribution in [3.8, 4) is 0 Å². The van der Waals surface area contributed by atoms with Gasteiger partial charge in [0, 0.05) is 19.6 Å². The summed E-state index contributed by atoms with van der Waals surface area (Å²) in [5.74, 6) is -2.37. The summed E-state index contributed by atoms with van der Waals surface area (Å²) in [6, 6.07) is 6.52. The first-order chi connectivity index (χ1) is 12.3. The van der Waals surface area contributed by atoms with Crippen LogP contribution in [0.2, 0.25) is 0 Å². The maximum atomic E-state index is 12.4. The van der Waals surface area contributed by atoms with E-state index in [0.29, 0.717) is 24.0 Å². The van der Waals surface area contributed by atoms with Crippen LogP contribution in [0.25, 0.3) is 0 Å². The highest BCUT2D eigenvalue weighted by molar-refractivity contribution is 7.89. The van der Waals surface area contributed by atoms with Gasteiger partial charge in [-0.3, -0.25) is 19.3 Å². The number of hydrogen-bond donors (Lipinski definition) is 1. The summed E-state index contributed by atoms with van der Waals surface area (Å²) >= 11 is 0. The van der Waals surface area contributed by atoms with Gasteiger partial charge in [0.25, 0.3) is 11.8 Å². The first-order valence-corrected chi connectivity index (χ1v) is 10.1. The molecular weight excluding hydrogens is 360 g/mol. The Labute approximate surface area is 151 Å². The molecule has 9 heteroatoms. The van der Waals surface area contributed by atoms with E-state index >= 15 is 0 Å². The van der Waals surface area contributed by atoms with E-state index in [9.17, 15) is 22.8 Å². The van der Waals surface area contributed by atoms with E-state index in [-0.39, 0.29) is 31.8 Å². The van der Waals surface area contributed by atoms with Gasteiger partial charge in [-0.25, -0.2) is 12.7 Å². The van der Waals surface area contributed by atoms with Crippen LogP contribution >= 0.6 is 0 Å². The molecule has 0 unspecified atom stereocenters. The lowest BCUT2D eigenvalue weighted by Gasteiger charge is -2.29. The van der Waals surface area contributed by atoms with Crippen LogP contribution in [0.1, 0.15) is 40.0 Å². The fraction of sp³-hybridized carbons (Fsp3) is 0.471. The van der Waals surface area contributed by atoms with Crippen LogP contribution in [-0.2, 0) is 14.8 Å². The van der Waals surface area contributed by atoms with Crippen LogP contribution < -0.4 is 0 Å². The number of benzene rings is 1. The van der Waals surface area contributed by atoms with Crippen molar-refractivity contribution < 1.29 is 27.9 Å². The summed E-state index contributed by atoms with van der Waals surface area (Å²) in [6.45, 7) is 0.413. The van der Waals surface area contributed by atoms with Gasteiger partial charge in [0.2, 0.25) is 10.0 Å². The quantitative estimate of drug-likeness (QED) is 0.731. The molecule has 26 heavy (non-hydrogen) atoms. The van der Waals surface area contributed by atoms with Gasteiger partial charge < -0.3 is 5.11 Å². The number of amides is 2. The Bertz CT molecular complexity index is 808. The van der Waals surface area contributed by atoms with Crippen molar-refractivity contribution >= 4 is 27.8 Å². The maximum Gasteiger partial charge on any atom is 0.306 e. The summed E-state index contributed by atoms with van der Waals surface area (Å²) in [4.78, 5) is 36.5. The molecule has 1 saturated heterocycles. The van der Waals surface area contributed by atoms with Crippen molar-refractivity contribution in [2.24, 2.45) is 5.92 Å². The molecule has 2 amide bonds. The Hall–Kier alpha value is -2.26. The van der Waals surface area contributed by atoms with Crippen molar-refractivity contribution in [3.05, 3.63) is 35.4 Å². The van der Waals surface area contributed by atoms with E-state index in [1.54, 1.807) is 24.3 Å². The predicted octanol–water partition coefficient (Wildman–Crippen LogP) is 0.799. The summed E-state index contributed by atoms with van der Waals surface area (Å²) in [5.41, 5.74) is 0.687. The Morgan fingerprint density at radius 3 is 2.12 bits per heavy atom. The first kappa shape index (κ1) is 18.5. The second-order valence-electron chi connectivity index (χ2n) is 6.49. The summed E-state index contributed by atoms with van der Waals surface area (Å²) in [5, 5.41) is 8.98. The van der Waals surface area contributed by atoms with Crippen molar-refractivity contribution in [1.29, 1.82) is 0 Å². The monoisotopic (exact) mass is 380 g/mol. The summed E-state index contributed by atoms with van der Waals surface area (Å²) in [6.07, 6.45) is 0.743. The molecule has 140 valence electrons. The smallest absolute Gasteiger partial charge is 0.306 e. The Morgan fingerprint density at radius 2 is 1.62 bits per heavy atom. The molecular formula is C17H20N2O6S. The maximum absolute atomic E-state index is 12.4. The second-order valence-corrected chi connectivity index (χ2v) is 8.58. The molecule has 0 aliphatic carbocycles. The highest BCUT2D eigenvalue weighted by Crippen LogP contribution is 2.23. The highest BCUT2D eigenvalue weighted by Gasteiger charge is 2.35. The average Bonchev–Trinajstić information content (AvgIpc) is 2.87. The van der Waals surface area contributed by atoms with E-state index < -0.39 is 33.7 Å². The second kappa shape index (κ2) is 7.16. The van der Waals surface area contributed by atoms with Gasteiger partial charge in [0.05, 0.1) is 22.8 Å². The van der Waals surface area contributed by atoms with Crippen LogP contribution in [0.5, 0.6) is 0 Å². The predicted molar refractivity (Wildman–Crippen MR) is 92.1 cm³/mol. The van der Waals surface area contributed by atoms with Crippen LogP contribution in [0.15, 0.2) is 24.3 Å². The lowest BCUT2D eigenvalue weighted by Crippen LogP contribution is -2.42. The Kier molecular flexibility index (Phi) is 5.10. The fourth-order valence-corrected chi connectivity index (χ4v) is 4.88. The molecule has 1 N–H and O–H groups in total. The van der Waals surface area contributed by atoms with Crippen LogP contribution in [0, 0.1) is 5.92 Å². The van der Waals surface area contributed by atoms with Gasteiger partial charge in [-0.05, 0) is 31.4 Å². The number of fused-ring (bicyclic) bond motifs is 1. The number of carboxylic acids is 1. The minimum absolute atomic E-state index is 0.0389. The largest absolute Gasteiger partial charge is 0.481 e. The fourth-order valence-electron chi connectivity index (χ4n) is 3.36. The van der Waals surface area contributed by atoms with E-state index in [2.05, 4.69) is 0 Å². The number of nitrogens with zero attached hydrogens (tertiary/aromatic N) is 2. The third kappa shape index (κ3) is 3.49. The van der Waals surface area contributed by atoms with Crippen LogP contribution in [0.3, 0.4) is 0 Å². The lowest BCUT2D eigenvalue weighted by molar-refractivity contribution is -0.142. The van der Waals surface area contributed by atoms with Crippen LogP contribution in [0.4, 0.5) is 0 Å². The molecule has 1 aromatic rings. The number of carbonyl (C=O) groups is 3. The zero-order valence-electron chi connectivity index (χ0n) is 14.1. The van der Waals surface area contributed by atoms with E-state index in [4.69, 9.17) is 5.11 Å². The molecule has 0 spiro atoms. The third-order valence-corrected chi connectivity index (χ3v) is 6.82. The number of carbonyl (C=O) groups excluding carboxylic acids is 2. The standard InChI is InChI=1S/C17H20N2O6S/c20-15-13-4-1-2-5-14(13)16(21)19(15)8-3-11-26(24,25)18-9-6-12(7-10-18)17(22)23/h1-2,4-5,12H,3,6-11H2,(H,22,23). The summed E-state index contributed by atoms with van der Waals surface area (Å²) in [7, 11) is -3.54. The van der Waals surface area contributed by atoms with E-state index in [1.165, 1.54) is 4.31 Å². The first-order valence-electron chi connectivity index (χ1n) is 8.47. The minimum atomic E-state index is -3.54. The van der Waals surface area contributed by atoms with Gasteiger partial charge >= 0.3 is 5.97 Å². The molecule has 1 aromatic carbocycles. The molecule has 2 heterocycles. The normalized spacial score (nSPS) is 19.0. The van der Waals surface area contributed by atoms with Crippen molar-refractivity contribution in [2.75, 3.05) is 25.4 Å². The van der Waals surface area contributed by atoms with Crippen molar-refractivity contribution in [1.82, 2.24) is 9.21 Å². The molecule has 2 aliphatic heterocycles. The Morgan fingerprint density at radius 1 is 1.08 bits per heavy atom. The molecule has 8 nitrogen and oxygen atoms in total. The topological polar surface area (TPSA) is 112 Å². The molecule has 0 aromatic heterocycles. The van der Waals surface area contributed by atoms with E-state index in [0.717, 1.165) is 4.90 Å². The lowest BCUT2D eigenvalue weighted by atomic mass is 9.99. The number of carboxylic acid groups (broad SMARTS) is 1. The molecule has 3 rings (SSSR count). The number of sulfonamides is 1. The molecule has 0 saturated carbocycles. The number of imide groups is 1. The van der Waals surface area contributed by atoms with Gasteiger partial charge in [-0.2, -0.15) is 0 Å². The molecule has 2 aliphatic rings. The number of piperidine rings is 1. The summed E-state index contributed by atoms with van der Waals surface area (Å²) < 4.78 is 26.1. The van der Waals surface area contributed by atoms with Gasteiger partial charge in [-0.1, -0.05) is 12.1 Å². The van der Waals surface area contributed by atoms with E-state index in [1.807, 2.05) is 0 Å². The number of rotatable bonds is 6. The van der Waals surface area contributed by atoms with Crippen LogP contribution in [-0.4, -0.2) is 65.9 Å². The van der Waals surface area contributed by atoms with Crippen molar-refractivity contribution in [3.63, 3.8) is 0 Å². The Balaban J connectivity index is 1.54. The molecule has 0 bridgehead atoms. The zero-order valence-corrected chi connectivity index (χ0v) is 14.9. The minimum Gasteiger partial charge on any atom is -0.481 e. The number of hydrogen-bond acceptors (Lipinski definition) is 5. The molecule has 0 radical (unpaired) electrons. The zero-order chi connectivity index (χ0) is 18.9. The highest BCUT2D eigenvalue weighted by atomic mass is 32.2. The van der Waals surface area contributed by atoms with Gasteiger partial charge in [0.1, 0.15) is 0 Å². The third-order valence-electron chi connectivity index (χ3n) is 4.86. The SMILES string of the molecule is O=C(O)C1CCN(S(=O)(=O)CCCN2C(=O)c3ccccc3C2=O)CC1. The molecule has 1 fully saturated rings. The van der Waals surface area contributed by atoms with Gasteiger partial charge in [-0.15, -0.1) is 0 Å². The van der Waals surface area contributed by atoms with Gasteiger partial charge in [0.15, 0.2) is 0 Å². The molecule has 0 atom stereocenters.